The number of hydrogen-bond donors (Lipinski definition) is 4. The highest BCUT2D eigenvalue weighted by atomic mass is 19.4. The summed E-state index contributed by atoms with van der Waals surface area (Å²) in [7, 11) is 2.96. The van der Waals surface area contributed by atoms with E-state index in [-0.39, 0.29) is 24.4 Å². The van der Waals surface area contributed by atoms with Crippen LogP contribution in [0.25, 0.3) is 0 Å². The molecule has 0 spiro atoms. The zero-order valence-electron chi connectivity index (χ0n) is 21.6. The van der Waals surface area contributed by atoms with E-state index >= 15 is 0 Å². The van der Waals surface area contributed by atoms with Crippen molar-refractivity contribution in [2.75, 3.05) is 14.2 Å². The van der Waals surface area contributed by atoms with E-state index < -0.39 is 41.4 Å². The van der Waals surface area contributed by atoms with Crippen molar-refractivity contribution in [3.63, 3.8) is 0 Å². The van der Waals surface area contributed by atoms with Crippen LogP contribution in [0.5, 0.6) is 11.5 Å². The second-order valence-corrected chi connectivity index (χ2v) is 8.77. The number of amides is 2. The van der Waals surface area contributed by atoms with Crippen LogP contribution in [0.3, 0.4) is 0 Å². The maximum atomic E-state index is 13.5. The van der Waals surface area contributed by atoms with Crippen molar-refractivity contribution in [1.29, 1.82) is 5.41 Å². The number of nitrogens with one attached hydrogen (secondary N) is 4. The largest absolute Gasteiger partial charge is 0.493 e. The number of methoxy groups -OCH3 is 2. The first-order chi connectivity index (χ1) is 17.9. The van der Waals surface area contributed by atoms with Crippen molar-refractivity contribution >= 4 is 17.8 Å². The van der Waals surface area contributed by atoms with Crippen molar-refractivity contribution in [2.45, 2.75) is 51.9 Å². The number of hydrogen-bond acceptors (Lipinski definition) is 5. The minimum absolute atomic E-state index is 0.0627. The third-order valence-corrected chi connectivity index (χ3v) is 5.85. The van der Waals surface area contributed by atoms with Crippen LogP contribution in [0, 0.1) is 17.1 Å². The summed E-state index contributed by atoms with van der Waals surface area (Å²) in [5.41, 5.74) is -0.746. The van der Waals surface area contributed by atoms with Gasteiger partial charge in [-0.2, -0.15) is 13.2 Å². The molecule has 0 saturated heterocycles. The number of carbonyl (C=O) groups excluding carboxylic acids is 2. The molecule has 0 bridgehead atoms. The minimum Gasteiger partial charge on any atom is -0.493 e. The topological polar surface area (TPSA) is 113 Å². The van der Waals surface area contributed by atoms with Crippen LogP contribution in [0.15, 0.2) is 36.4 Å². The van der Waals surface area contributed by atoms with Gasteiger partial charge in [0, 0.05) is 6.54 Å². The van der Waals surface area contributed by atoms with Crippen LogP contribution in [-0.4, -0.2) is 38.0 Å². The Morgan fingerprint density at radius 2 is 1.68 bits per heavy atom. The molecule has 0 saturated carbocycles. The quantitative estimate of drug-likeness (QED) is 0.194. The van der Waals surface area contributed by atoms with Gasteiger partial charge in [0.2, 0.25) is 11.8 Å². The fourth-order valence-corrected chi connectivity index (χ4v) is 3.58. The van der Waals surface area contributed by atoms with Gasteiger partial charge >= 0.3 is 6.18 Å². The van der Waals surface area contributed by atoms with Gasteiger partial charge in [0.25, 0.3) is 0 Å². The van der Waals surface area contributed by atoms with Gasteiger partial charge in [-0.15, -0.1) is 0 Å². The van der Waals surface area contributed by atoms with Crippen LogP contribution >= 0.6 is 0 Å². The molecule has 12 heteroatoms. The molecule has 2 rings (SSSR count). The summed E-state index contributed by atoms with van der Waals surface area (Å²) in [5, 5.41) is 15.7. The maximum Gasteiger partial charge on any atom is 0.419 e. The molecule has 2 aromatic rings. The van der Waals surface area contributed by atoms with Gasteiger partial charge in [0.15, 0.2) is 17.5 Å². The molecule has 0 heterocycles. The van der Waals surface area contributed by atoms with Crippen molar-refractivity contribution in [1.82, 2.24) is 16.0 Å². The molecule has 38 heavy (non-hydrogen) atoms. The Labute approximate surface area is 218 Å². The van der Waals surface area contributed by atoms with E-state index in [1.165, 1.54) is 14.2 Å². The van der Waals surface area contributed by atoms with Crippen molar-refractivity contribution < 1.29 is 36.6 Å². The normalized spacial score (nSPS) is 12.7. The van der Waals surface area contributed by atoms with Crippen molar-refractivity contribution in [3.8, 4) is 11.5 Å². The summed E-state index contributed by atoms with van der Waals surface area (Å²) in [4.78, 5) is 25.3. The van der Waals surface area contributed by atoms with Crippen LogP contribution in [0.1, 0.15) is 43.4 Å². The van der Waals surface area contributed by atoms with Gasteiger partial charge in [-0.3, -0.25) is 20.3 Å². The Hall–Kier alpha value is -3.83. The molecule has 2 unspecified atom stereocenters. The number of carbonyl (C=O) groups is 2. The summed E-state index contributed by atoms with van der Waals surface area (Å²) >= 11 is 0. The molecule has 0 radical (unpaired) electrons. The highest BCUT2D eigenvalue weighted by molar-refractivity contribution is 5.98. The molecule has 0 aliphatic rings. The highest BCUT2D eigenvalue weighted by Gasteiger charge is 2.34. The molecule has 0 aliphatic carbocycles. The first kappa shape index (κ1) is 30.4. The fourth-order valence-electron chi connectivity index (χ4n) is 3.58. The molecule has 0 fully saturated rings. The lowest BCUT2D eigenvalue weighted by atomic mass is 9.98. The van der Waals surface area contributed by atoms with Crippen LogP contribution in [-0.2, 0) is 28.7 Å². The standard InChI is InChI=1S/C26H32F4N4O4/c1-5-15(2)10-20(24(36)32-14-17-6-8-19(27)18(11-17)26(28,29)30)33-25(31)34-23(35)13-16-7-9-21(37-3)22(12-16)38-4/h6-9,11-12,15,20H,5,10,13-14H2,1-4H3,(H,32,36)(H3,31,33,34,35). The lowest BCUT2D eigenvalue weighted by Gasteiger charge is -2.23. The molecule has 0 aliphatic heterocycles. The predicted octanol–water partition coefficient (Wildman–Crippen LogP) is 4.17. The van der Waals surface area contributed by atoms with Gasteiger partial charge in [-0.1, -0.05) is 32.4 Å². The lowest BCUT2D eigenvalue weighted by molar-refractivity contribution is -0.140. The first-order valence-corrected chi connectivity index (χ1v) is 11.9. The van der Waals surface area contributed by atoms with Gasteiger partial charge in [-0.05, 0) is 47.7 Å². The molecule has 2 atom stereocenters. The average molecular weight is 541 g/mol. The van der Waals surface area contributed by atoms with Crippen molar-refractivity contribution in [3.05, 3.63) is 58.9 Å². The first-order valence-electron chi connectivity index (χ1n) is 11.9. The van der Waals surface area contributed by atoms with E-state index in [9.17, 15) is 27.2 Å². The molecule has 8 nitrogen and oxygen atoms in total. The molecular weight excluding hydrogens is 508 g/mol. The summed E-state index contributed by atoms with van der Waals surface area (Å²) in [6.07, 6.45) is -3.90. The van der Waals surface area contributed by atoms with Crippen LogP contribution in [0.2, 0.25) is 0 Å². The Balaban J connectivity index is 2.03. The van der Waals surface area contributed by atoms with E-state index in [1.54, 1.807) is 18.2 Å². The Morgan fingerprint density at radius 1 is 1.03 bits per heavy atom. The van der Waals surface area contributed by atoms with E-state index in [0.29, 0.717) is 35.6 Å². The zero-order chi connectivity index (χ0) is 28.5. The number of rotatable bonds is 11. The molecule has 2 aromatic carbocycles. The van der Waals surface area contributed by atoms with E-state index in [4.69, 9.17) is 14.9 Å². The van der Waals surface area contributed by atoms with Gasteiger partial charge in [-0.25, -0.2) is 4.39 Å². The van der Waals surface area contributed by atoms with E-state index in [1.807, 2.05) is 13.8 Å². The summed E-state index contributed by atoms with van der Waals surface area (Å²) in [5.74, 6) is -1.89. The van der Waals surface area contributed by atoms with Gasteiger partial charge < -0.3 is 20.1 Å². The van der Waals surface area contributed by atoms with Gasteiger partial charge in [0.1, 0.15) is 11.9 Å². The number of benzene rings is 2. The smallest absolute Gasteiger partial charge is 0.419 e. The monoisotopic (exact) mass is 540 g/mol. The molecule has 0 aromatic heterocycles. The Kier molecular flexibility index (Phi) is 10.9. The second kappa shape index (κ2) is 13.6. The third-order valence-electron chi connectivity index (χ3n) is 5.85. The summed E-state index contributed by atoms with van der Waals surface area (Å²) < 4.78 is 62.9. The summed E-state index contributed by atoms with van der Waals surface area (Å²) in [6.45, 7) is 3.55. The van der Waals surface area contributed by atoms with Crippen LogP contribution in [0.4, 0.5) is 17.6 Å². The van der Waals surface area contributed by atoms with E-state index in [0.717, 1.165) is 12.5 Å². The van der Waals surface area contributed by atoms with Gasteiger partial charge in [0.05, 0.1) is 26.2 Å². The Morgan fingerprint density at radius 3 is 2.29 bits per heavy atom. The van der Waals surface area contributed by atoms with Crippen molar-refractivity contribution in [2.24, 2.45) is 5.92 Å². The predicted molar refractivity (Wildman–Crippen MR) is 133 cm³/mol. The Bertz CT molecular complexity index is 1140. The molecular formula is C26H32F4N4O4. The second-order valence-electron chi connectivity index (χ2n) is 8.77. The molecule has 4 N–H and O–H groups in total. The minimum atomic E-state index is -4.87. The zero-order valence-corrected chi connectivity index (χ0v) is 21.6. The average Bonchev–Trinajstić information content (AvgIpc) is 2.86. The fraction of sp³-hybridized carbons (Fsp3) is 0.423. The summed E-state index contributed by atoms with van der Waals surface area (Å²) in [6, 6.07) is 6.51. The highest BCUT2D eigenvalue weighted by Crippen LogP contribution is 2.32. The van der Waals surface area contributed by atoms with E-state index in [2.05, 4.69) is 16.0 Å². The number of alkyl halides is 3. The number of halogens is 4. The molecule has 2 amide bonds. The molecule has 208 valence electrons. The maximum absolute atomic E-state index is 13.5. The number of ether oxygens (including phenoxy) is 2. The third kappa shape index (κ3) is 8.93. The lowest BCUT2D eigenvalue weighted by Crippen LogP contribution is -2.52. The number of guanidine groups is 1. The SMILES string of the molecule is CCC(C)CC(NC(=N)NC(=O)Cc1ccc(OC)c(OC)c1)C(=O)NCc1ccc(F)c(C(F)(F)F)c1. The van der Waals surface area contributed by atoms with Crippen LogP contribution < -0.4 is 25.4 Å².